The van der Waals surface area contributed by atoms with Crippen LogP contribution in [0.5, 0.6) is 5.75 Å². The third kappa shape index (κ3) is 5.64. The number of amides is 1. The van der Waals surface area contributed by atoms with Crippen LogP contribution in [0.1, 0.15) is 31.1 Å². The molecule has 138 valence electrons. The second kappa shape index (κ2) is 8.92. The molecule has 1 N–H and O–H groups in total. The number of halogens is 2. The third-order valence-corrected chi connectivity index (χ3v) is 3.81. The van der Waals surface area contributed by atoms with Gasteiger partial charge in [0.15, 0.2) is 6.10 Å². The van der Waals surface area contributed by atoms with E-state index in [0.29, 0.717) is 27.0 Å². The molecular weight excluding hydrogens is 377 g/mol. The highest BCUT2D eigenvalue weighted by Gasteiger charge is 2.17. The van der Waals surface area contributed by atoms with Gasteiger partial charge < -0.3 is 14.8 Å². The van der Waals surface area contributed by atoms with Crippen molar-refractivity contribution in [3.8, 4) is 5.75 Å². The minimum absolute atomic E-state index is 0.224. The maximum absolute atomic E-state index is 12.3. The highest BCUT2D eigenvalue weighted by Crippen LogP contribution is 2.28. The normalized spacial score (nSPS) is 11.8. The lowest BCUT2D eigenvalue weighted by Crippen LogP contribution is -2.30. The maximum atomic E-state index is 12.3. The van der Waals surface area contributed by atoms with E-state index in [-0.39, 0.29) is 12.0 Å². The van der Waals surface area contributed by atoms with Crippen LogP contribution < -0.4 is 10.1 Å². The predicted molar refractivity (Wildman–Crippen MR) is 102 cm³/mol. The van der Waals surface area contributed by atoms with Gasteiger partial charge in [-0.3, -0.25) is 4.79 Å². The fraction of sp³-hybridized carbons (Fsp3) is 0.263. The van der Waals surface area contributed by atoms with Crippen molar-refractivity contribution in [3.63, 3.8) is 0 Å². The molecule has 2 aromatic carbocycles. The van der Waals surface area contributed by atoms with Crippen LogP contribution in [-0.2, 0) is 9.53 Å². The molecule has 0 heterocycles. The molecule has 0 saturated carbocycles. The Balaban J connectivity index is 2.03. The second-order valence-electron chi connectivity index (χ2n) is 5.86. The van der Waals surface area contributed by atoms with Crippen LogP contribution in [0, 0.1) is 0 Å². The minimum Gasteiger partial charge on any atom is -0.479 e. The first kappa shape index (κ1) is 20.1. The average molecular weight is 396 g/mol. The van der Waals surface area contributed by atoms with Gasteiger partial charge in [0.2, 0.25) is 0 Å². The van der Waals surface area contributed by atoms with E-state index in [1.54, 1.807) is 57.2 Å². The summed E-state index contributed by atoms with van der Waals surface area (Å²) in [5.74, 6) is -0.480. The second-order valence-corrected chi connectivity index (χ2v) is 6.70. The number of carbonyl (C=O) groups is 2. The Bertz CT molecular complexity index is 808. The number of ether oxygens (including phenoxy) is 2. The number of hydrogen-bond donors (Lipinski definition) is 1. The van der Waals surface area contributed by atoms with E-state index in [2.05, 4.69) is 5.32 Å². The molecule has 5 nitrogen and oxygen atoms in total. The van der Waals surface area contributed by atoms with Gasteiger partial charge in [-0.05, 0) is 57.2 Å². The Morgan fingerprint density at radius 1 is 1.04 bits per heavy atom. The van der Waals surface area contributed by atoms with Gasteiger partial charge >= 0.3 is 5.97 Å². The number of hydrogen-bond acceptors (Lipinski definition) is 4. The van der Waals surface area contributed by atoms with Crippen molar-refractivity contribution >= 4 is 40.8 Å². The van der Waals surface area contributed by atoms with Crippen molar-refractivity contribution < 1.29 is 19.1 Å². The SMILES string of the molecule is CC(C)OC(=O)c1cccc(NC(=O)C(C)Oc2ccc(Cl)cc2Cl)c1. The maximum Gasteiger partial charge on any atom is 0.338 e. The molecule has 26 heavy (non-hydrogen) atoms. The summed E-state index contributed by atoms with van der Waals surface area (Å²) in [6, 6.07) is 11.2. The summed E-state index contributed by atoms with van der Waals surface area (Å²) < 4.78 is 10.7. The summed E-state index contributed by atoms with van der Waals surface area (Å²) >= 11 is 11.9. The highest BCUT2D eigenvalue weighted by atomic mass is 35.5. The van der Waals surface area contributed by atoms with Gasteiger partial charge in [0.05, 0.1) is 16.7 Å². The van der Waals surface area contributed by atoms with Gasteiger partial charge in [-0.25, -0.2) is 4.79 Å². The molecule has 0 radical (unpaired) electrons. The summed E-state index contributed by atoms with van der Waals surface area (Å²) in [6.07, 6.45) is -1.03. The Labute approximate surface area is 162 Å². The monoisotopic (exact) mass is 395 g/mol. The van der Waals surface area contributed by atoms with Gasteiger partial charge in [-0.1, -0.05) is 29.3 Å². The Morgan fingerprint density at radius 3 is 2.42 bits per heavy atom. The summed E-state index contributed by atoms with van der Waals surface area (Å²) in [4.78, 5) is 24.3. The zero-order valence-corrected chi connectivity index (χ0v) is 16.1. The van der Waals surface area contributed by atoms with Crippen molar-refractivity contribution in [1.29, 1.82) is 0 Å². The summed E-state index contributed by atoms with van der Waals surface area (Å²) in [7, 11) is 0. The molecule has 7 heteroatoms. The minimum atomic E-state index is -0.806. The lowest BCUT2D eigenvalue weighted by atomic mass is 10.2. The van der Waals surface area contributed by atoms with E-state index >= 15 is 0 Å². The van der Waals surface area contributed by atoms with Crippen LogP contribution in [0.3, 0.4) is 0 Å². The first-order valence-electron chi connectivity index (χ1n) is 8.00. The molecule has 1 amide bonds. The molecule has 1 atom stereocenters. The van der Waals surface area contributed by atoms with Crippen molar-refractivity contribution in [2.75, 3.05) is 5.32 Å². The molecule has 0 aromatic heterocycles. The molecule has 0 aliphatic rings. The number of nitrogens with one attached hydrogen (secondary N) is 1. The van der Waals surface area contributed by atoms with Gasteiger partial charge in [-0.2, -0.15) is 0 Å². The molecule has 0 bridgehead atoms. The first-order valence-corrected chi connectivity index (χ1v) is 8.75. The van der Waals surface area contributed by atoms with E-state index in [1.165, 1.54) is 6.07 Å². The van der Waals surface area contributed by atoms with Gasteiger partial charge in [0, 0.05) is 10.7 Å². The van der Waals surface area contributed by atoms with Crippen LogP contribution in [0.2, 0.25) is 10.0 Å². The quantitative estimate of drug-likeness (QED) is 0.701. The van der Waals surface area contributed by atoms with Crippen molar-refractivity contribution in [3.05, 3.63) is 58.1 Å². The van der Waals surface area contributed by atoms with E-state index in [1.807, 2.05) is 0 Å². The van der Waals surface area contributed by atoms with E-state index < -0.39 is 12.1 Å². The number of benzene rings is 2. The highest BCUT2D eigenvalue weighted by molar-refractivity contribution is 6.35. The molecule has 0 spiro atoms. The molecule has 0 aliphatic carbocycles. The Hall–Kier alpha value is -2.24. The first-order chi connectivity index (χ1) is 12.3. The van der Waals surface area contributed by atoms with Crippen molar-refractivity contribution in [1.82, 2.24) is 0 Å². The van der Waals surface area contributed by atoms with Crippen molar-refractivity contribution in [2.45, 2.75) is 33.0 Å². The van der Waals surface area contributed by atoms with Crippen LogP contribution in [-0.4, -0.2) is 24.1 Å². The molecule has 2 rings (SSSR count). The van der Waals surface area contributed by atoms with Gasteiger partial charge in [0.1, 0.15) is 5.75 Å². The summed E-state index contributed by atoms with van der Waals surface area (Å²) in [5, 5.41) is 3.49. The van der Waals surface area contributed by atoms with Crippen LogP contribution in [0.15, 0.2) is 42.5 Å². The Morgan fingerprint density at radius 2 is 1.77 bits per heavy atom. The third-order valence-electron chi connectivity index (χ3n) is 3.28. The van der Waals surface area contributed by atoms with Gasteiger partial charge in [-0.15, -0.1) is 0 Å². The smallest absolute Gasteiger partial charge is 0.338 e. The number of esters is 1. The van der Waals surface area contributed by atoms with Crippen LogP contribution in [0.25, 0.3) is 0 Å². The van der Waals surface area contributed by atoms with Crippen LogP contribution in [0.4, 0.5) is 5.69 Å². The van der Waals surface area contributed by atoms with Crippen LogP contribution >= 0.6 is 23.2 Å². The lowest BCUT2D eigenvalue weighted by Gasteiger charge is -2.16. The van der Waals surface area contributed by atoms with Gasteiger partial charge in [0.25, 0.3) is 5.91 Å². The summed E-state index contributed by atoms with van der Waals surface area (Å²) in [5.41, 5.74) is 0.816. The molecule has 2 aromatic rings. The number of rotatable bonds is 6. The predicted octanol–water partition coefficient (Wildman–Crippen LogP) is 4.96. The molecule has 0 fully saturated rings. The Kier molecular flexibility index (Phi) is 6.89. The number of anilines is 1. The van der Waals surface area contributed by atoms with E-state index in [9.17, 15) is 9.59 Å². The lowest BCUT2D eigenvalue weighted by molar-refractivity contribution is -0.122. The molecule has 0 saturated heterocycles. The molecule has 1 unspecified atom stereocenters. The standard InChI is InChI=1S/C19H19Cl2NO4/c1-11(2)25-19(24)13-5-4-6-15(9-13)22-18(23)12(3)26-17-8-7-14(20)10-16(17)21/h4-12H,1-3H3,(H,22,23). The molecule has 0 aliphatic heterocycles. The number of carbonyl (C=O) groups excluding carboxylic acids is 2. The topological polar surface area (TPSA) is 64.6 Å². The average Bonchev–Trinajstić information content (AvgIpc) is 2.57. The van der Waals surface area contributed by atoms with E-state index in [0.717, 1.165) is 0 Å². The zero-order valence-electron chi connectivity index (χ0n) is 14.6. The van der Waals surface area contributed by atoms with E-state index in [4.69, 9.17) is 32.7 Å². The largest absolute Gasteiger partial charge is 0.479 e. The van der Waals surface area contributed by atoms with Crippen molar-refractivity contribution in [2.24, 2.45) is 0 Å². The fourth-order valence-corrected chi connectivity index (χ4v) is 2.52. The molecular formula is C19H19Cl2NO4. The summed E-state index contributed by atoms with van der Waals surface area (Å²) in [6.45, 7) is 5.13. The fourth-order valence-electron chi connectivity index (χ4n) is 2.06. The zero-order chi connectivity index (χ0) is 19.3.